The number of amides is 2. The molecular weight excluding hydrogens is 304 g/mol. The fraction of sp³-hybridized carbons (Fsp3) is 0.444. The predicted octanol–water partition coefficient (Wildman–Crippen LogP) is 2.57. The molecule has 24 heavy (non-hydrogen) atoms. The lowest BCUT2D eigenvalue weighted by Gasteiger charge is -2.34. The third kappa shape index (κ3) is 4.14. The minimum atomic E-state index is 0.00385. The number of rotatable bonds is 4. The first kappa shape index (κ1) is 16.5. The molecule has 0 saturated carbocycles. The lowest BCUT2D eigenvalue weighted by molar-refractivity contribution is 0.132. The van der Waals surface area contributed by atoms with Crippen LogP contribution < -0.4 is 5.32 Å². The summed E-state index contributed by atoms with van der Waals surface area (Å²) in [5.74, 6) is 0. The van der Waals surface area contributed by atoms with E-state index in [0.717, 1.165) is 44.0 Å². The van der Waals surface area contributed by atoms with Gasteiger partial charge in [-0.05, 0) is 19.4 Å². The summed E-state index contributed by atoms with van der Waals surface area (Å²) in [6.07, 6.45) is 1.59. The van der Waals surface area contributed by atoms with E-state index in [0.29, 0.717) is 0 Å². The lowest BCUT2D eigenvalue weighted by Crippen LogP contribution is -2.51. The summed E-state index contributed by atoms with van der Waals surface area (Å²) in [7, 11) is 0. The Morgan fingerprint density at radius 3 is 2.54 bits per heavy atom. The number of nitrogens with one attached hydrogen (secondary N) is 1. The van der Waals surface area contributed by atoms with Gasteiger partial charge in [0.15, 0.2) is 0 Å². The molecule has 1 saturated heterocycles. The SMILES string of the molecule is Cc1ccc([C@H](C)NC(=O)N2CCN(Cc3ccon3)CC2)cc1. The van der Waals surface area contributed by atoms with Crippen molar-refractivity contribution in [3.8, 4) is 0 Å². The van der Waals surface area contributed by atoms with Crippen molar-refractivity contribution in [2.45, 2.75) is 26.4 Å². The Kier molecular flexibility index (Phi) is 5.15. The number of benzene rings is 1. The van der Waals surface area contributed by atoms with Crippen LogP contribution in [0.1, 0.15) is 29.8 Å². The average Bonchev–Trinajstić information content (AvgIpc) is 3.09. The molecule has 0 aliphatic carbocycles. The summed E-state index contributed by atoms with van der Waals surface area (Å²) < 4.78 is 4.86. The number of hydrogen-bond donors (Lipinski definition) is 1. The number of urea groups is 1. The third-order valence-corrected chi connectivity index (χ3v) is 4.45. The minimum Gasteiger partial charge on any atom is -0.364 e. The molecule has 1 atom stereocenters. The van der Waals surface area contributed by atoms with E-state index in [2.05, 4.69) is 46.6 Å². The van der Waals surface area contributed by atoms with E-state index in [1.54, 1.807) is 6.26 Å². The van der Waals surface area contributed by atoms with Crippen molar-refractivity contribution in [3.63, 3.8) is 0 Å². The fourth-order valence-electron chi connectivity index (χ4n) is 2.87. The number of hydrogen-bond acceptors (Lipinski definition) is 4. The minimum absolute atomic E-state index is 0.00385. The third-order valence-electron chi connectivity index (χ3n) is 4.45. The van der Waals surface area contributed by atoms with Gasteiger partial charge in [0, 0.05) is 38.8 Å². The Balaban J connectivity index is 1.47. The largest absolute Gasteiger partial charge is 0.364 e. The highest BCUT2D eigenvalue weighted by molar-refractivity contribution is 5.74. The molecule has 2 amide bonds. The number of carbonyl (C=O) groups is 1. The maximum atomic E-state index is 12.4. The summed E-state index contributed by atoms with van der Waals surface area (Å²) in [6.45, 7) is 7.99. The maximum Gasteiger partial charge on any atom is 0.317 e. The molecule has 2 heterocycles. The monoisotopic (exact) mass is 328 g/mol. The summed E-state index contributed by atoms with van der Waals surface area (Å²) in [6, 6.07) is 10.2. The Bertz CT molecular complexity index is 646. The Morgan fingerprint density at radius 1 is 1.21 bits per heavy atom. The summed E-state index contributed by atoms with van der Waals surface area (Å²) in [5, 5.41) is 7.02. The second-order valence-electron chi connectivity index (χ2n) is 6.34. The van der Waals surface area contributed by atoms with Crippen LogP contribution in [-0.2, 0) is 6.54 Å². The molecule has 128 valence electrons. The molecule has 0 bridgehead atoms. The van der Waals surface area contributed by atoms with Gasteiger partial charge in [0.1, 0.15) is 6.26 Å². The van der Waals surface area contributed by atoms with Crippen LogP contribution in [0.25, 0.3) is 0 Å². The second kappa shape index (κ2) is 7.49. The highest BCUT2D eigenvalue weighted by atomic mass is 16.5. The number of aryl methyl sites for hydroxylation is 1. The van der Waals surface area contributed by atoms with E-state index in [1.165, 1.54) is 5.56 Å². The smallest absolute Gasteiger partial charge is 0.317 e. The van der Waals surface area contributed by atoms with E-state index in [1.807, 2.05) is 17.9 Å². The van der Waals surface area contributed by atoms with Gasteiger partial charge in [-0.25, -0.2) is 4.79 Å². The zero-order valence-electron chi connectivity index (χ0n) is 14.2. The molecule has 0 radical (unpaired) electrons. The molecule has 2 aromatic rings. The lowest BCUT2D eigenvalue weighted by atomic mass is 10.1. The zero-order valence-corrected chi connectivity index (χ0v) is 14.2. The summed E-state index contributed by atoms with van der Waals surface area (Å²) in [5.41, 5.74) is 3.28. The first-order valence-electron chi connectivity index (χ1n) is 8.35. The molecule has 6 nitrogen and oxygen atoms in total. The van der Waals surface area contributed by atoms with Crippen molar-refractivity contribution in [1.29, 1.82) is 0 Å². The Labute approximate surface area is 142 Å². The first-order chi connectivity index (χ1) is 11.6. The molecule has 1 fully saturated rings. The van der Waals surface area contributed by atoms with E-state index >= 15 is 0 Å². The normalized spacial score (nSPS) is 16.8. The number of aromatic nitrogens is 1. The van der Waals surface area contributed by atoms with E-state index < -0.39 is 0 Å². The van der Waals surface area contributed by atoms with Crippen LogP contribution in [0.15, 0.2) is 41.1 Å². The van der Waals surface area contributed by atoms with Gasteiger partial charge in [-0.1, -0.05) is 35.0 Å². The van der Waals surface area contributed by atoms with Crippen LogP contribution >= 0.6 is 0 Å². The molecule has 0 unspecified atom stereocenters. The highest BCUT2D eigenvalue weighted by Gasteiger charge is 2.22. The Morgan fingerprint density at radius 2 is 1.92 bits per heavy atom. The van der Waals surface area contributed by atoms with Gasteiger partial charge in [-0.15, -0.1) is 0 Å². The zero-order chi connectivity index (χ0) is 16.9. The van der Waals surface area contributed by atoms with E-state index in [4.69, 9.17) is 4.52 Å². The number of piperazine rings is 1. The van der Waals surface area contributed by atoms with Crippen LogP contribution in [0.3, 0.4) is 0 Å². The van der Waals surface area contributed by atoms with Crippen LogP contribution in [0.2, 0.25) is 0 Å². The van der Waals surface area contributed by atoms with Crippen molar-refractivity contribution in [2.75, 3.05) is 26.2 Å². The van der Waals surface area contributed by atoms with Crippen molar-refractivity contribution >= 4 is 6.03 Å². The van der Waals surface area contributed by atoms with Gasteiger partial charge in [-0.3, -0.25) is 4.90 Å². The summed E-state index contributed by atoms with van der Waals surface area (Å²) in [4.78, 5) is 16.6. The number of carbonyl (C=O) groups excluding carboxylic acids is 1. The second-order valence-corrected chi connectivity index (χ2v) is 6.34. The van der Waals surface area contributed by atoms with Crippen molar-refractivity contribution in [3.05, 3.63) is 53.4 Å². The van der Waals surface area contributed by atoms with E-state index in [-0.39, 0.29) is 12.1 Å². The predicted molar refractivity (Wildman–Crippen MR) is 91.5 cm³/mol. The van der Waals surface area contributed by atoms with E-state index in [9.17, 15) is 4.79 Å². The van der Waals surface area contributed by atoms with Gasteiger partial charge in [0.25, 0.3) is 0 Å². The topological polar surface area (TPSA) is 61.6 Å². The van der Waals surface area contributed by atoms with Crippen LogP contribution in [0.4, 0.5) is 4.79 Å². The quantitative estimate of drug-likeness (QED) is 0.937. The Hall–Kier alpha value is -2.34. The highest BCUT2D eigenvalue weighted by Crippen LogP contribution is 2.14. The van der Waals surface area contributed by atoms with Crippen LogP contribution in [0.5, 0.6) is 0 Å². The van der Waals surface area contributed by atoms with Crippen molar-refractivity contribution in [1.82, 2.24) is 20.3 Å². The molecule has 1 aliphatic heterocycles. The molecule has 1 aromatic heterocycles. The number of nitrogens with zero attached hydrogens (tertiary/aromatic N) is 3. The fourth-order valence-corrected chi connectivity index (χ4v) is 2.87. The van der Waals surface area contributed by atoms with Gasteiger partial charge in [0.05, 0.1) is 11.7 Å². The molecular formula is C18H24N4O2. The molecule has 0 spiro atoms. The van der Waals surface area contributed by atoms with Crippen LogP contribution in [-0.4, -0.2) is 47.2 Å². The standard InChI is InChI=1S/C18H24N4O2/c1-14-3-5-16(6-4-14)15(2)19-18(23)22-10-8-21(9-11-22)13-17-7-12-24-20-17/h3-7,12,15H,8-11,13H2,1-2H3,(H,19,23)/t15-/m0/s1. The van der Waals surface area contributed by atoms with Crippen molar-refractivity contribution in [2.24, 2.45) is 0 Å². The van der Waals surface area contributed by atoms with Gasteiger partial charge in [-0.2, -0.15) is 0 Å². The van der Waals surface area contributed by atoms with Gasteiger partial charge in [0.2, 0.25) is 0 Å². The maximum absolute atomic E-state index is 12.4. The molecule has 1 aromatic carbocycles. The van der Waals surface area contributed by atoms with Crippen molar-refractivity contribution < 1.29 is 9.32 Å². The molecule has 6 heteroatoms. The van der Waals surface area contributed by atoms with Gasteiger partial charge >= 0.3 is 6.03 Å². The first-order valence-corrected chi connectivity index (χ1v) is 8.35. The average molecular weight is 328 g/mol. The molecule has 1 N–H and O–H groups in total. The molecule has 3 rings (SSSR count). The molecule has 1 aliphatic rings. The van der Waals surface area contributed by atoms with Gasteiger partial charge < -0.3 is 14.7 Å². The van der Waals surface area contributed by atoms with Crippen LogP contribution in [0, 0.1) is 6.92 Å². The summed E-state index contributed by atoms with van der Waals surface area (Å²) >= 11 is 0.